The number of rotatable bonds is 6. The maximum atomic E-state index is 13.3. The van der Waals surface area contributed by atoms with E-state index < -0.39 is 49.4 Å². The zero-order valence-electron chi connectivity index (χ0n) is 25.8. The predicted octanol–water partition coefficient (Wildman–Crippen LogP) is 3.78. The van der Waals surface area contributed by atoms with Crippen LogP contribution in [0.4, 0.5) is 0 Å². The van der Waals surface area contributed by atoms with E-state index >= 15 is 0 Å². The average Bonchev–Trinajstić information content (AvgIpc) is 3.70. The van der Waals surface area contributed by atoms with Gasteiger partial charge in [0.1, 0.15) is 45.3 Å². The summed E-state index contributed by atoms with van der Waals surface area (Å²) in [5.74, 6) is 3.20. The molecule has 6 bridgehead atoms. The Bertz CT molecular complexity index is 1540. The molecule has 8 fully saturated rings. The number of fused-ring (bicyclic) bond motifs is 1. The van der Waals surface area contributed by atoms with Gasteiger partial charge in [-0.25, -0.2) is 8.42 Å². The maximum Gasteiger partial charge on any atom is 0.320 e. The Morgan fingerprint density at radius 2 is 1.56 bits per heavy atom. The van der Waals surface area contributed by atoms with Crippen molar-refractivity contribution in [1.29, 1.82) is 0 Å². The van der Waals surface area contributed by atoms with Crippen LogP contribution in [0.2, 0.25) is 0 Å². The van der Waals surface area contributed by atoms with Gasteiger partial charge in [0.25, 0.3) is 10.1 Å². The van der Waals surface area contributed by atoms with Crippen LogP contribution in [0, 0.1) is 48.9 Å². The van der Waals surface area contributed by atoms with Gasteiger partial charge in [0.15, 0.2) is 4.90 Å². The number of carbonyl (C=O) groups excluding carboxylic acids is 2. The summed E-state index contributed by atoms with van der Waals surface area (Å²) < 4.78 is 70.6. The van der Waals surface area contributed by atoms with Crippen molar-refractivity contribution < 1.29 is 44.6 Å². The number of ether oxygens (including phenoxy) is 2. The second-order valence-electron chi connectivity index (χ2n) is 14.7. The van der Waals surface area contributed by atoms with E-state index in [1.807, 2.05) is 0 Å². The highest BCUT2D eigenvalue weighted by Gasteiger charge is 2.65. The lowest BCUT2D eigenvalue weighted by molar-refractivity contribution is -0.161. The van der Waals surface area contributed by atoms with Crippen LogP contribution in [0.5, 0.6) is 5.75 Å². The minimum atomic E-state index is -4.70. The van der Waals surface area contributed by atoms with Gasteiger partial charge in [0.05, 0.1) is 10.7 Å². The van der Waals surface area contributed by atoms with Crippen LogP contribution in [-0.4, -0.2) is 68.0 Å². The Morgan fingerprint density at radius 1 is 0.978 bits per heavy atom. The van der Waals surface area contributed by atoms with Crippen molar-refractivity contribution in [1.82, 2.24) is 0 Å². The average molecular weight is 683 g/mol. The third kappa shape index (κ3) is 6.09. The van der Waals surface area contributed by atoms with Crippen molar-refractivity contribution in [3.8, 4) is 5.75 Å². The van der Waals surface area contributed by atoms with Gasteiger partial charge in [-0.3, -0.25) is 13.8 Å². The predicted molar refractivity (Wildman–Crippen MR) is 165 cm³/mol. The lowest BCUT2D eigenvalue weighted by Crippen LogP contribution is -2.51. The van der Waals surface area contributed by atoms with E-state index in [4.69, 9.17) is 13.7 Å². The highest BCUT2D eigenvalue weighted by Crippen LogP contribution is 2.60. The molecule has 1 aromatic rings. The summed E-state index contributed by atoms with van der Waals surface area (Å²) in [6.07, 6.45) is 9.49. The highest BCUT2D eigenvalue weighted by molar-refractivity contribution is 7.97. The fraction of sp³-hybridized carbons (Fsp3) is 0.750. The Hall–Kier alpha value is -1.67. The second kappa shape index (κ2) is 11.5. The molecule has 5 unspecified atom stereocenters. The summed E-state index contributed by atoms with van der Waals surface area (Å²) in [5, 5.41) is -0.541. The van der Waals surface area contributed by atoms with Crippen LogP contribution in [-0.2, 0) is 49.6 Å². The third-order valence-corrected chi connectivity index (χ3v) is 16.3. The molecular formula is C32H42O10S3. The zero-order chi connectivity index (χ0) is 31.9. The molecule has 248 valence electrons. The molecule has 0 amide bonds. The maximum absolute atomic E-state index is 13.3. The van der Waals surface area contributed by atoms with Gasteiger partial charge in [-0.2, -0.15) is 8.42 Å². The summed E-state index contributed by atoms with van der Waals surface area (Å²) in [6.45, 7) is 4.25. The smallest absolute Gasteiger partial charge is 0.320 e. The first-order chi connectivity index (χ1) is 21.2. The number of hydrogen-bond acceptors (Lipinski definition) is 10. The van der Waals surface area contributed by atoms with E-state index in [0.29, 0.717) is 23.7 Å². The molecule has 13 heteroatoms. The van der Waals surface area contributed by atoms with E-state index in [2.05, 4.69) is 26.0 Å². The molecule has 2 heterocycles. The Morgan fingerprint density at radius 3 is 2.11 bits per heavy atom. The highest BCUT2D eigenvalue weighted by atomic mass is 32.2. The van der Waals surface area contributed by atoms with E-state index in [0.717, 1.165) is 53.9 Å². The van der Waals surface area contributed by atoms with Gasteiger partial charge >= 0.3 is 11.9 Å². The summed E-state index contributed by atoms with van der Waals surface area (Å²) in [6, 6.07) is 4.59. The molecule has 0 radical (unpaired) electrons. The first kappa shape index (κ1) is 31.9. The molecule has 2 saturated heterocycles. The molecule has 0 aromatic heterocycles. The largest absolute Gasteiger partial charge is 0.748 e. The van der Waals surface area contributed by atoms with E-state index in [-0.39, 0.29) is 23.2 Å². The Balaban J connectivity index is 0.000000152. The fourth-order valence-corrected chi connectivity index (χ4v) is 14.8. The van der Waals surface area contributed by atoms with Crippen molar-refractivity contribution in [3.63, 3.8) is 0 Å². The Kier molecular flexibility index (Phi) is 8.15. The van der Waals surface area contributed by atoms with Crippen LogP contribution in [0.15, 0.2) is 17.0 Å². The van der Waals surface area contributed by atoms with E-state index in [1.54, 1.807) is 0 Å². The van der Waals surface area contributed by atoms with Gasteiger partial charge in [0.2, 0.25) is 0 Å². The standard InChI is InChI=1S/C23H31O2S.C9H12O8S2/c1-15-7-20(26-5-3-4-6-26)8-16(2)21(15)25-22(24)23-12-17-9-18(13-23)11-19(10-17)14-23;10-7(3-18(11,12)13)16-8-4-1-5-6(2-4)19(14,15)17-9(5)8/h7-8,17-19H,3-6,9-14H2,1-2H3;4-6,8-9H,1-3H2,(H,11,12,13)/q+1;/p-1. The summed E-state index contributed by atoms with van der Waals surface area (Å²) in [7, 11) is -7.89. The lowest BCUT2D eigenvalue weighted by Gasteiger charge is -2.55. The molecular weight excluding hydrogens is 641 g/mol. The number of aryl methyl sites for hydroxylation is 2. The van der Waals surface area contributed by atoms with Crippen LogP contribution in [0.25, 0.3) is 0 Å². The topological polar surface area (TPSA) is 153 Å². The lowest BCUT2D eigenvalue weighted by atomic mass is 9.49. The van der Waals surface area contributed by atoms with Crippen molar-refractivity contribution in [3.05, 3.63) is 23.3 Å². The molecule has 2 aliphatic heterocycles. The van der Waals surface area contributed by atoms with Crippen LogP contribution in [0.1, 0.15) is 75.3 Å². The molecule has 6 saturated carbocycles. The Labute approximate surface area is 268 Å². The molecule has 0 N–H and O–H groups in total. The number of carbonyl (C=O) groups is 2. The van der Waals surface area contributed by atoms with Crippen LogP contribution in [0.3, 0.4) is 0 Å². The minimum absolute atomic E-state index is 0.0823. The molecule has 8 aliphatic rings. The molecule has 10 nitrogen and oxygen atoms in total. The van der Waals surface area contributed by atoms with Crippen molar-refractivity contribution in [2.45, 2.75) is 100 Å². The summed E-state index contributed by atoms with van der Waals surface area (Å²) >= 11 is 0. The van der Waals surface area contributed by atoms with Gasteiger partial charge < -0.3 is 14.0 Å². The quantitative estimate of drug-likeness (QED) is 0.142. The van der Waals surface area contributed by atoms with Crippen molar-refractivity contribution in [2.75, 3.05) is 17.3 Å². The molecule has 0 spiro atoms. The summed E-state index contributed by atoms with van der Waals surface area (Å²) in [4.78, 5) is 26.1. The number of benzene rings is 1. The molecule has 5 atom stereocenters. The summed E-state index contributed by atoms with van der Waals surface area (Å²) in [5.41, 5.74) is 2.13. The fourth-order valence-electron chi connectivity index (χ4n) is 10.1. The van der Waals surface area contributed by atoms with Gasteiger partial charge in [-0.15, -0.1) is 0 Å². The van der Waals surface area contributed by atoms with Gasteiger partial charge in [-0.05, 0) is 119 Å². The third-order valence-electron chi connectivity index (χ3n) is 11.4. The molecule has 9 rings (SSSR count). The van der Waals surface area contributed by atoms with Gasteiger partial charge in [-0.1, -0.05) is 0 Å². The van der Waals surface area contributed by atoms with E-state index in [9.17, 15) is 31.0 Å². The van der Waals surface area contributed by atoms with Crippen LogP contribution >= 0.6 is 0 Å². The SMILES string of the molecule is Cc1cc([S+]2CCCC2)cc(C)c1OC(=O)C12CC3CC(CC(C3)C1)C2.O=C(CS(=O)(=O)[O-])OC1C2CC3C1OS(=O)(=O)C3C2. The van der Waals surface area contributed by atoms with Crippen molar-refractivity contribution >= 4 is 43.1 Å². The van der Waals surface area contributed by atoms with Crippen molar-refractivity contribution in [2.24, 2.45) is 35.0 Å². The number of hydrogen-bond donors (Lipinski definition) is 0. The number of esters is 2. The molecule has 1 aromatic carbocycles. The first-order valence-electron chi connectivity index (χ1n) is 16.3. The molecule has 6 aliphatic carbocycles. The van der Waals surface area contributed by atoms with Crippen LogP contribution < -0.4 is 4.74 Å². The molecule has 45 heavy (non-hydrogen) atoms. The first-order valence-corrected chi connectivity index (χ1v) is 20.9. The zero-order valence-corrected chi connectivity index (χ0v) is 28.2. The van der Waals surface area contributed by atoms with E-state index in [1.165, 1.54) is 48.5 Å². The van der Waals surface area contributed by atoms with Gasteiger partial charge in [0, 0.05) is 22.7 Å². The monoisotopic (exact) mass is 682 g/mol. The normalized spacial score (nSPS) is 38.6. The second-order valence-corrected chi connectivity index (χ2v) is 20.2. The minimum Gasteiger partial charge on any atom is -0.748 e.